The monoisotopic (exact) mass is 225 g/mol. The van der Waals surface area contributed by atoms with Crippen molar-refractivity contribution in [1.29, 1.82) is 0 Å². The van der Waals surface area contributed by atoms with E-state index in [1.807, 2.05) is 0 Å². The minimum absolute atomic E-state index is 0.0805. The number of benzene rings is 1. The molecule has 0 unspecified atom stereocenters. The van der Waals surface area contributed by atoms with Crippen LogP contribution in [0.1, 0.15) is 5.56 Å². The second kappa shape index (κ2) is 3.90. The summed E-state index contributed by atoms with van der Waals surface area (Å²) >= 11 is 5.80. The van der Waals surface area contributed by atoms with Crippen LogP contribution in [-0.4, -0.2) is 29.6 Å². The number of nitrogens with zero attached hydrogens (tertiary/aromatic N) is 1. The molecular formula is C10H8ClNO3. The molecule has 15 heavy (non-hydrogen) atoms. The third-order valence-corrected chi connectivity index (χ3v) is 2.24. The average molecular weight is 226 g/mol. The molecule has 0 aliphatic carbocycles. The van der Waals surface area contributed by atoms with Crippen LogP contribution in [0.25, 0.3) is 0 Å². The van der Waals surface area contributed by atoms with Crippen molar-refractivity contribution >= 4 is 23.5 Å². The number of aliphatic imine (C=N–C) groups is 1. The van der Waals surface area contributed by atoms with Gasteiger partial charge >= 0.3 is 5.97 Å². The third-order valence-electron chi connectivity index (χ3n) is 2.01. The van der Waals surface area contributed by atoms with E-state index in [0.717, 1.165) is 0 Å². The predicted molar refractivity (Wildman–Crippen MR) is 55.4 cm³/mol. The Balaban J connectivity index is 2.26. The summed E-state index contributed by atoms with van der Waals surface area (Å²) in [4.78, 5) is 14.6. The SMILES string of the molecule is O=C(O)[C@@H]1COC(c2cccc(Cl)c2)=N1. The molecule has 2 rings (SSSR count). The number of carboxylic acids is 1. The van der Waals surface area contributed by atoms with Crippen LogP contribution in [0.15, 0.2) is 29.3 Å². The fourth-order valence-corrected chi connectivity index (χ4v) is 1.47. The van der Waals surface area contributed by atoms with Gasteiger partial charge in [-0.05, 0) is 18.2 Å². The van der Waals surface area contributed by atoms with Crippen LogP contribution in [0.2, 0.25) is 5.02 Å². The summed E-state index contributed by atoms with van der Waals surface area (Å²) in [7, 11) is 0. The summed E-state index contributed by atoms with van der Waals surface area (Å²) in [5, 5.41) is 9.29. The Morgan fingerprint density at radius 2 is 2.40 bits per heavy atom. The minimum Gasteiger partial charge on any atom is -0.480 e. The van der Waals surface area contributed by atoms with E-state index in [-0.39, 0.29) is 6.61 Å². The number of ether oxygens (including phenoxy) is 1. The summed E-state index contributed by atoms with van der Waals surface area (Å²) in [5.74, 6) is -0.642. The van der Waals surface area contributed by atoms with Crippen molar-refractivity contribution in [2.24, 2.45) is 4.99 Å². The third kappa shape index (κ3) is 2.10. The van der Waals surface area contributed by atoms with Crippen molar-refractivity contribution < 1.29 is 14.6 Å². The molecule has 0 radical (unpaired) electrons. The van der Waals surface area contributed by atoms with E-state index < -0.39 is 12.0 Å². The second-order valence-corrected chi connectivity index (χ2v) is 3.55. The first-order valence-electron chi connectivity index (χ1n) is 4.36. The van der Waals surface area contributed by atoms with Gasteiger partial charge in [-0.3, -0.25) is 0 Å². The highest BCUT2D eigenvalue weighted by molar-refractivity contribution is 6.31. The van der Waals surface area contributed by atoms with Gasteiger partial charge in [-0.15, -0.1) is 0 Å². The van der Waals surface area contributed by atoms with Gasteiger partial charge in [-0.25, -0.2) is 9.79 Å². The van der Waals surface area contributed by atoms with Gasteiger partial charge in [0, 0.05) is 10.6 Å². The highest BCUT2D eigenvalue weighted by atomic mass is 35.5. The van der Waals surface area contributed by atoms with Crippen LogP contribution in [-0.2, 0) is 9.53 Å². The standard InChI is InChI=1S/C10H8ClNO3/c11-7-3-1-2-6(4-7)9-12-8(5-15-9)10(13)14/h1-4,8H,5H2,(H,13,14)/t8-/m0/s1. The lowest BCUT2D eigenvalue weighted by Gasteiger charge is -2.00. The molecule has 0 aromatic heterocycles. The van der Waals surface area contributed by atoms with Crippen molar-refractivity contribution in [2.75, 3.05) is 6.61 Å². The number of hydrogen-bond donors (Lipinski definition) is 1. The minimum atomic E-state index is -0.980. The van der Waals surface area contributed by atoms with Crippen molar-refractivity contribution in [2.45, 2.75) is 6.04 Å². The molecule has 4 nitrogen and oxygen atoms in total. The van der Waals surface area contributed by atoms with Crippen molar-refractivity contribution in [3.8, 4) is 0 Å². The van der Waals surface area contributed by atoms with Crippen LogP contribution in [0.3, 0.4) is 0 Å². The van der Waals surface area contributed by atoms with Gasteiger partial charge in [-0.2, -0.15) is 0 Å². The number of halogens is 1. The molecule has 5 heteroatoms. The molecular weight excluding hydrogens is 218 g/mol. The van der Waals surface area contributed by atoms with Gasteiger partial charge in [0.05, 0.1) is 0 Å². The maximum Gasteiger partial charge on any atom is 0.332 e. The molecule has 0 spiro atoms. The summed E-state index contributed by atoms with van der Waals surface area (Å²) in [6.07, 6.45) is 0. The number of aliphatic carboxylic acids is 1. The molecule has 0 fully saturated rings. The first kappa shape index (κ1) is 9.98. The fraction of sp³-hybridized carbons (Fsp3) is 0.200. The zero-order chi connectivity index (χ0) is 10.8. The van der Waals surface area contributed by atoms with E-state index in [9.17, 15) is 4.79 Å². The van der Waals surface area contributed by atoms with Crippen LogP contribution in [0.4, 0.5) is 0 Å². The van der Waals surface area contributed by atoms with E-state index in [2.05, 4.69) is 4.99 Å². The lowest BCUT2D eigenvalue weighted by Crippen LogP contribution is -2.18. The largest absolute Gasteiger partial charge is 0.480 e. The van der Waals surface area contributed by atoms with Crippen LogP contribution < -0.4 is 0 Å². The Bertz CT molecular complexity index is 430. The Morgan fingerprint density at radius 3 is 3.00 bits per heavy atom. The van der Waals surface area contributed by atoms with Crippen LogP contribution in [0.5, 0.6) is 0 Å². The lowest BCUT2D eigenvalue weighted by atomic mass is 10.2. The number of rotatable bonds is 2. The van der Waals surface area contributed by atoms with Gasteiger partial charge in [0.25, 0.3) is 0 Å². The first-order chi connectivity index (χ1) is 7.16. The smallest absolute Gasteiger partial charge is 0.332 e. The van der Waals surface area contributed by atoms with Gasteiger partial charge in [0.1, 0.15) is 6.61 Å². The van der Waals surface area contributed by atoms with E-state index >= 15 is 0 Å². The van der Waals surface area contributed by atoms with E-state index in [4.69, 9.17) is 21.4 Å². The van der Waals surface area contributed by atoms with Gasteiger partial charge in [-0.1, -0.05) is 17.7 Å². The van der Waals surface area contributed by atoms with Gasteiger partial charge in [0.15, 0.2) is 6.04 Å². The van der Waals surface area contributed by atoms with Crippen molar-refractivity contribution in [1.82, 2.24) is 0 Å². The highest BCUT2D eigenvalue weighted by Gasteiger charge is 2.25. The van der Waals surface area contributed by atoms with Crippen molar-refractivity contribution in [3.63, 3.8) is 0 Å². The van der Waals surface area contributed by atoms with Crippen LogP contribution >= 0.6 is 11.6 Å². The molecule has 1 aromatic carbocycles. The molecule has 0 saturated heterocycles. The summed E-state index contributed by atoms with van der Waals surface area (Å²) in [5.41, 5.74) is 0.700. The Labute approximate surface area is 91.2 Å². The second-order valence-electron chi connectivity index (χ2n) is 3.11. The zero-order valence-corrected chi connectivity index (χ0v) is 8.44. The number of hydrogen-bond acceptors (Lipinski definition) is 3. The molecule has 0 amide bonds. The lowest BCUT2D eigenvalue weighted by molar-refractivity contribution is -0.138. The fourth-order valence-electron chi connectivity index (χ4n) is 1.28. The van der Waals surface area contributed by atoms with E-state index in [1.165, 1.54) is 0 Å². The number of carboxylic acid groups (broad SMARTS) is 1. The Morgan fingerprint density at radius 1 is 1.60 bits per heavy atom. The maximum absolute atomic E-state index is 10.6. The summed E-state index contributed by atoms with van der Waals surface area (Å²) in [6.45, 7) is 0.0805. The zero-order valence-electron chi connectivity index (χ0n) is 7.68. The van der Waals surface area contributed by atoms with Gasteiger partial charge < -0.3 is 9.84 Å². The Hall–Kier alpha value is -1.55. The Kier molecular flexibility index (Phi) is 2.60. The number of carbonyl (C=O) groups is 1. The van der Waals surface area contributed by atoms with Crippen LogP contribution in [0, 0.1) is 0 Å². The van der Waals surface area contributed by atoms with E-state index in [0.29, 0.717) is 16.5 Å². The molecule has 78 valence electrons. The molecule has 1 aliphatic rings. The molecule has 1 aromatic rings. The molecule has 1 N–H and O–H groups in total. The molecule has 1 atom stereocenters. The first-order valence-corrected chi connectivity index (χ1v) is 4.74. The summed E-state index contributed by atoms with van der Waals surface area (Å²) in [6, 6.07) is 6.14. The average Bonchev–Trinajstić information content (AvgIpc) is 2.66. The normalized spacial score (nSPS) is 19.5. The summed E-state index contributed by atoms with van der Waals surface area (Å²) < 4.78 is 5.18. The molecule has 1 aliphatic heterocycles. The van der Waals surface area contributed by atoms with Crippen molar-refractivity contribution in [3.05, 3.63) is 34.9 Å². The van der Waals surface area contributed by atoms with Gasteiger partial charge in [0.2, 0.25) is 5.90 Å². The maximum atomic E-state index is 10.6. The predicted octanol–water partition coefficient (Wildman–Crippen LogP) is 1.57. The van der Waals surface area contributed by atoms with E-state index in [1.54, 1.807) is 24.3 Å². The topological polar surface area (TPSA) is 58.9 Å². The molecule has 1 heterocycles. The molecule has 0 bridgehead atoms. The highest BCUT2D eigenvalue weighted by Crippen LogP contribution is 2.16. The molecule has 0 saturated carbocycles. The quantitative estimate of drug-likeness (QED) is 0.831.